The molecule has 1 aliphatic rings. The Balaban J connectivity index is 2.20. The van der Waals surface area contributed by atoms with Crippen LogP contribution in [-0.2, 0) is 6.54 Å². The van der Waals surface area contributed by atoms with Crippen LogP contribution >= 0.6 is 11.6 Å². The lowest BCUT2D eigenvalue weighted by atomic mass is 10.1. The van der Waals surface area contributed by atoms with Gasteiger partial charge in [-0.05, 0) is 39.7 Å². The number of hydrogen-bond donors (Lipinski definition) is 1. The molecule has 2 rings (SSSR count). The van der Waals surface area contributed by atoms with Crippen LogP contribution in [0.25, 0.3) is 0 Å². The fourth-order valence-corrected chi connectivity index (χ4v) is 2.71. The molecule has 1 aromatic rings. The molecule has 0 amide bonds. The number of aromatic amines is 1. The summed E-state index contributed by atoms with van der Waals surface area (Å²) in [4.78, 5) is 28.8. The van der Waals surface area contributed by atoms with Crippen molar-refractivity contribution in [2.75, 3.05) is 13.1 Å². The van der Waals surface area contributed by atoms with Crippen molar-refractivity contribution in [2.24, 2.45) is 5.92 Å². The van der Waals surface area contributed by atoms with Crippen molar-refractivity contribution < 1.29 is 0 Å². The Morgan fingerprint density at radius 2 is 2.11 bits per heavy atom. The first-order valence-electron chi connectivity index (χ1n) is 6.63. The highest BCUT2D eigenvalue weighted by molar-refractivity contribution is 6.30. The molecule has 0 bridgehead atoms. The molecule has 1 saturated heterocycles. The highest BCUT2D eigenvalue weighted by atomic mass is 35.5. The average molecular weight is 286 g/mol. The zero-order chi connectivity index (χ0) is 14.2. The van der Waals surface area contributed by atoms with E-state index in [1.165, 1.54) is 4.57 Å². The number of hydrogen-bond acceptors (Lipinski definition) is 3. The van der Waals surface area contributed by atoms with Crippen molar-refractivity contribution in [1.29, 1.82) is 0 Å². The van der Waals surface area contributed by atoms with Crippen molar-refractivity contribution >= 4 is 11.6 Å². The van der Waals surface area contributed by atoms with Crippen LogP contribution in [0.4, 0.5) is 0 Å². The van der Waals surface area contributed by atoms with Crippen molar-refractivity contribution in [3.8, 4) is 0 Å². The maximum absolute atomic E-state index is 12.1. The van der Waals surface area contributed by atoms with E-state index >= 15 is 0 Å². The summed E-state index contributed by atoms with van der Waals surface area (Å²) in [5.74, 6) is 0.349. The first-order valence-corrected chi connectivity index (χ1v) is 7.01. The van der Waals surface area contributed by atoms with Gasteiger partial charge in [-0.1, -0.05) is 11.6 Å². The highest BCUT2D eigenvalue weighted by Crippen LogP contribution is 2.19. The second kappa shape index (κ2) is 5.51. The molecule has 0 saturated carbocycles. The van der Waals surface area contributed by atoms with E-state index in [2.05, 4.69) is 23.7 Å². The van der Waals surface area contributed by atoms with E-state index < -0.39 is 5.69 Å². The molecule has 6 heteroatoms. The SMILES string of the molecule is Cc1c(Cl)[nH]c(=O)n(CC2CCN(C(C)C)C2)c1=O. The van der Waals surface area contributed by atoms with Crippen LogP contribution < -0.4 is 11.2 Å². The molecule has 19 heavy (non-hydrogen) atoms. The zero-order valence-corrected chi connectivity index (χ0v) is 12.3. The molecular weight excluding hydrogens is 266 g/mol. The first kappa shape index (κ1) is 14.3. The number of nitrogens with zero attached hydrogens (tertiary/aromatic N) is 2. The molecule has 1 atom stereocenters. The van der Waals surface area contributed by atoms with Gasteiger partial charge in [0.2, 0.25) is 0 Å². The van der Waals surface area contributed by atoms with Crippen LogP contribution in [0.1, 0.15) is 25.8 Å². The Morgan fingerprint density at radius 3 is 2.68 bits per heavy atom. The molecule has 2 heterocycles. The Hall–Kier alpha value is -1.07. The predicted octanol–water partition coefficient (Wildman–Crippen LogP) is 1.23. The smallest absolute Gasteiger partial charge is 0.301 e. The van der Waals surface area contributed by atoms with E-state index in [1.807, 2.05) is 0 Å². The molecule has 1 unspecified atom stereocenters. The standard InChI is InChI=1S/C13H20ClN3O2/c1-8(2)16-5-4-10(6-16)7-17-12(18)9(3)11(14)15-13(17)19/h8,10H,4-7H2,1-3H3,(H,15,19). The number of nitrogens with one attached hydrogen (secondary N) is 1. The van der Waals surface area contributed by atoms with Gasteiger partial charge in [-0.2, -0.15) is 0 Å². The summed E-state index contributed by atoms with van der Waals surface area (Å²) in [5, 5.41) is 0.140. The molecule has 1 fully saturated rings. The second-order valence-electron chi connectivity index (χ2n) is 5.53. The topological polar surface area (TPSA) is 58.1 Å². The van der Waals surface area contributed by atoms with Crippen LogP contribution in [0.5, 0.6) is 0 Å². The minimum absolute atomic E-state index is 0.140. The molecule has 1 N–H and O–H groups in total. The minimum atomic E-state index is -0.413. The van der Waals surface area contributed by atoms with Crippen molar-refractivity contribution in [2.45, 2.75) is 39.8 Å². The predicted molar refractivity (Wildman–Crippen MR) is 75.9 cm³/mol. The number of aromatic nitrogens is 2. The number of halogens is 1. The van der Waals surface area contributed by atoms with E-state index in [4.69, 9.17) is 11.6 Å². The minimum Gasteiger partial charge on any atom is -0.301 e. The van der Waals surface area contributed by atoms with E-state index in [-0.39, 0.29) is 10.7 Å². The van der Waals surface area contributed by atoms with Gasteiger partial charge in [0.15, 0.2) is 0 Å². The normalized spacial score (nSPS) is 20.4. The van der Waals surface area contributed by atoms with Crippen LogP contribution in [-0.4, -0.2) is 33.6 Å². The molecule has 5 nitrogen and oxygen atoms in total. The Kier molecular flexibility index (Phi) is 4.16. The lowest BCUT2D eigenvalue weighted by Crippen LogP contribution is -2.39. The maximum atomic E-state index is 12.1. The zero-order valence-electron chi connectivity index (χ0n) is 11.6. The van der Waals surface area contributed by atoms with Crippen molar-refractivity contribution in [3.05, 3.63) is 31.6 Å². The van der Waals surface area contributed by atoms with Gasteiger partial charge in [-0.3, -0.25) is 14.3 Å². The third kappa shape index (κ3) is 2.92. The molecular formula is C13H20ClN3O2. The van der Waals surface area contributed by atoms with E-state index in [9.17, 15) is 9.59 Å². The van der Waals surface area contributed by atoms with Crippen LogP contribution in [0.2, 0.25) is 5.15 Å². The summed E-state index contributed by atoms with van der Waals surface area (Å²) in [6.07, 6.45) is 1.02. The molecule has 106 valence electrons. The Bertz CT molecular complexity index is 576. The van der Waals surface area contributed by atoms with Crippen molar-refractivity contribution in [3.63, 3.8) is 0 Å². The van der Waals surface area contributed by atoms with Crippen LogP contribution in [0.15, 0.2) is 9.59 Å². The van der Waals surface area contributed by atoms with Crippen molar-refractivity contribution in [1.82, 2.24) is 14.5 Å². The summed E-state index contributed by atoms with van der Waals surface area (Å²) in [6.45, 7) is 8.38. The lowest BCUT2D eigenvalue weighted by molar-refractivity contribution is 0.259. The van der Waals surface area contributed by atoms with Gasteiger partial charge in [-0.25, -0.2) is 4.79 Å². The van der Waals surface area contributed by atoms with Crippen LogP contribution in [0, 0.1) is 12.8 Å². The van der Waals surface area contributed by atoms with E-state index in [1.54, 1.807) is 6.92 Å². The first-order chi connectivity index (χ1) is 8.90. The summed E-state index contributed by atoms with van der Waals surface area (Å²) in [6, 6.07) is 0.506. The van der Waals surface area contributed by atoms with Gasteiger partial charge < -0.3 is 4.90 Å². The van der Waals surface area contributed by atoms with E-state index in [0.29, 0.717) is 24.1 Å². The summed E-state index contributed by atoms with van der Waals surface area (Å²) in [7, 11) is 0. The largest absolute Gasteiger partial charge is 0.329 e. The Labute approximate surface area is 117 Å². The third-order valence-electron chi connectivity index (χ3n) is 3.85. The molecule has 0 radical (unpaired) electrons. The quantitative estimate of drug-likeness (QED) is 0.850. The van der Waals surface area contributed by atoms with Crippen LogP contribution in [0.3, 0.4) is 0 Å². The number of likely N-dealkylation sites (tertiary alicyclic amines) is 1. The lowest BCUT2D eigenvalue weighted by Gasteiger charge is -2.20. The molecule has 1 aromatic heterocycles. The molecule has 0 spiro atoms. The molecule has 1 aliphatic heterocycles. The maximum Gasteiger partial charge on any atom is 0.329 e. The average Bonchev–Trinajstić information content (AvgIpc) is 2.81. The second-order valence-corrected chi connectivity index (χ2v) is 5.91. The third-order valence-corrected chi connectivity index (χ3v) is 4.22. The van der Waals surface area contributed by atoms with Gasteiger partial charge >= 0.3 is 5.69 Å². The highest BCUT2D eigenvalue weighted by Gasteiger charge is 2.25. The van der Waals surface area contributed by atoms with E-state index in [0.717, 1.165) is 19.5 Å². The summed E-state index contributed by atoms with van der Waals surface area (Å²) < 4.78 is 1.27. The summed E-state index contributed by atoms with van der Waals surface area (Å²) in [5.41, 5.74) is -0.291. The monoisotopic (exact) mass is 285 g/mol. The van der Waals surface area contributed by atoms with Gasteiger partial charge in [-0.15, -0.1) is 0 Å². The van der Waals surface area contributed by atoms with Gasteiger partial charge in [0, 0.05) is 24.7 Å². The summed E-state index contributed by atoms with van der Waals surface area (Å²) >= 11 is 5.80. The van der Waals surface area contributed by atoms with Gasteiger partial charge in [0.25, 0.3) is 5.56 Å². The molecule has 0 aliphatic carbocycles. The fraction of sp³-hybridized carbons (Fsp3) is 0.692. The molecule has 0 aromatic carbocycles. The fourth-order valence-electron chi connectivity index (χ4n) is 2.55. The Morgan fingerprint density at radius 1 is 1.42 bits per heavy atom. The number of rotatable bonds is 3. The van der Waals surface area contributed by atoms with Gasteiger partial charge in [0.05, 0.1) is 0 Å². The number of H-pyrrole nitrogens is 1. The van der Waals surface area contributed by atoms with Gasteiger partial charge in [0.1, 0.15) is 5.15 Å².